The van der Waals surface area contributed by atoms with E-state index in [1.54, 1.807) is 4.90 Å². The molecule has 1 aliphatic rings. The molecule has 120 valence electrons. The number of nitrogens with zero attached hydrogens (tertiary/aromatic N) is 1. The van der Waals surface area contributed by atoms with Crippen LogP contribution in [0.5, 0.6) is 11.5 Å². The highest BCUT2D eigenvalue weighted by Crippen LogP contribution is 2.31. The Morgan fingerprint density at radius 1 is 1.22 bits per heavy atom. The maximum absolute atomic E-state index is 12.7. The van der Waals surface area contributed by atoms with Crippen LogP contribution in [-0.2, 0) is 0 Å². The van der Waals surface area contributed by atoms with Gasteiger partial charge in [0.05, 0.1) is 6.54 Å². The van der Waals surface area contributed by atoms with Gasteiger partial charge in [-0.15, -0.1) is 0 Å². The minimum absolute atomic E-state index is 0.0217. The van der Waals surface area contributed by atoms with Crippen molar-refractivity contribution < 1.29 is 14.3 Å². The first kappa shape index (κ1) is 16.1. The van der Waals surface area contributed by atoms with Crippen LogP contribution in [0.3, 0.4) is 0 Å². The van der Waals surface area contributed by atoms with Gasteiger partial charge in [0.2, 0.25) is 0 Å². The zero-order valence-electron chi connectivity index (χ0n) is 12.9. The van der Waals surface area contributed by atoms with Crippen molar-refractivity contribution in [1.29, 1.82) is 0 Å². The van der Waals surface area contributed by atoms with Crippen LogP contribution >= 0.6 is 22.6 Å². The normalized spacial score (nSPS) is 16.0. The van der Waals surface area contributed by atoms with Crippen LogP contribution in [0.15, 0.2) is 48.5 Å². The first-order valence-corrected chi connectivity index (χ1v) is 8.68. The second-order valence-electron chi connectivity index (χ2n) is 5.35. The number of halogens is 1. The Morgan fingerprint density at radius 2 is 2.00 bits per heavy atom. The van der Waals surface area contributed by atoms with Crippen LogP contribution in [0.4, 0.5) is 0 Å². The first-order chi connectivity index (χ1) is 11.2. The summed E-state index contributed by atoms with van der Waals surface area (Å²) in [5.41, 5.74) is 0.705. The number of fused-ring (bicyclic) bond motifs is 1. The minimum atomic E-state index is -0.156. The Balaban J connectivity index is 1.69. The molecule has 0 bridgehead atoms. The summed E-state index contributed by atoms with van der Waals surface area (Å²) < 4.78 is 12.7. The number of rotatable bonds is 4. The lowest BCUT2D eigenvalue weighted by Crippen LogP contribution is -2.43. The van der Waals surface area contributed by atoms with Gasteiger partial charge in [0.1, 0.15) is 6.61 Å². The third-order valence-electron chi connectivity index (χ3n) is 3.73. The van der Waals surface area contributed by atoms with Crippen molar-refractivity contribution in [3.8, 4) is 11.5 Å². The zero-order chi connectivity index (χ0) is 16.2. The lowest BCUT2D eigenvalue weighted by atomic mass is 10.2. The van der Waals surface area contributed by atoms with Crippen LogP contribution < -0.4 is 9.47 Å². The van der Waals surface area contributed by atoms with Crippen molar-refractivity contribution >= 4 is 28.5 Å². The van der Waals surface area contributed by atoms with Gasteiger partial charge in [-0.05, 0) is 59.8 Å². The van der Waals surface area contributed by atoms with Gasteiger partial charge in [-0.25, -0.2) is 0 Å². The van der Waals surface area contributed by atoms with Crippen molar-refractivity contribution in [1.82, 2.24) is 4.90 Å². The summed E-state index contributed by atoms with van der Waals surface area (Å²) >= 11 is 2.21. The van der Waals surface area contributed by atoms with E-state index in [9.17, 15) is 4.79 Å². The third-order valence-corrected chi connectivity index (χ3v) is 4.40. The van der Waals surface area contributed by atoms with Crippen molar-refractivity contribution in [2.45, 2.75) is 13.0 Å². The van der Waals surface area contributed by atoms with Crippen LogP contribution in [0.25, 0.3) is 0 Å². The smallest absolute Gasteiger partial charge is 0.254 e. The van der Waals surface area contributed by atoms with E-state index in [0.29, 0.717) is 25.3 Å². The molecule has 1 amide bonds. The molecule has 0 fully saturated rings. The Morgan fingerprint density at radius 3 is 2.74 bits per heavy atom. The maximum atomic E-state index is 12.7. The number of hydrogen-bond donors (Lipinski definition) is 0. The molecule has 0 aliphatic carbocycles. The molecule has 0 saturated carbocycles. The van der Waals surface area contributed by atoms with Gasteiger partial charge in [-0.2, -0.15) is 0 Å². The number of carbonyl (C=O) groups excluding carboxylic acids is 1. The van der Waals surface area contributed by atoms with Gasteiger partial charge in [-0.1, -0.05) is 18.2 Å². The molecule has 0 spiro atoms. The molecule has 23 heavy (non-hydrogen) atoms. The average molecular weight is 423 g/mol. The minimum Gasteiger partial charge on any atom is -0.486 e. The van der Waals surface area contributed by atoms with E-state index in [1.807, 2.05) is 55.5 Å². The first-order valence-electron chi connectivity index (χ1n) is 7.60. The molecule has 4 nitrogen and oxygen atoms in total. The standard InChI is InChI=1S/C18H18INO3/c1-2-20(18(21)13-6-5-7-14(19)10-13)11-15-12-22-16-8-3-4-9-17(16)23-15/h3-10,15H,2,11-12H2,1H3. The molecule has 1 unspecified atom stereocenters. The van der Waals surface area contributed by atoms with Crippen LogP contribution in [0.2, 0.25) is 0 Å². The molecule has 2 aromatic rings. The summed E-state index contributed by atoms with van der Waals surface area (Å²) in [5, 5.41) is 0. The fourth-order valence-electron chi connectivity index (χ4n) is 2.56. The quantitative estimate of drug-likeness (QED) is 0.706. The number of hydrogen-bond acceptors (Lipinski definition) is 3. The van der Waals surface area contributed by atoms with Gasteiger partial charge in [0.15, 0.2) is 17.6 Å². The molecule has 1 heterocycles. The zero-order valence-corrected chi connectivity index (χ0v) is 15.0. The number of ether oxygens (including phenoxy) is 2. The van der Waals surface area contributed by atoms with E-state index < -0.39 is 0 Å². The number of benzene rings is 2. The molecule has 3 rings (SSSR count). The summed E-state index contributed by atoms with van der Waals surface area (Å²) in [6.07, 6.45) is -0.156. The highest BCUT2D eigenvalue weighted by molar-refractivity contribution is 14.1. The Labute approximate surface area is 149 Å². The second kappa shape index (κ2) is 7.21. The number of para-hydroxylation sites is 2. The van der Waals surface area contributed by atoms with E-state index in [1.165, 1.54) is 0 Å². The SMILES string of the molecule is CCN(CC1COc2ccccc2O1)C(=O)c1cccc(I)c1. The second-order valence-corrected chi connectivity index (χ2v) is 6.60. The Bertz CT molecular complexity index is 704. The summed E-state index contributed by atoms with van der Waals surface area (Å²) in [6.45, 7) is 3.57. The Kier molecular flexibility index (Phi) is 5.05. The van der Waals surface area contributed by atoms with Gasteiger partial charge in [0, 0.05) is 15.7 Å². The molecule has 0 radical (unpaired) electrons. The fourth-order valence-corrected chi connectivity index (χ4v) is 3.10. The van der Waals surface area contributed by atoms with Crippen molar-refractivity contribution in [3.05, 3.63) is 57.7 Å². The van der Waals surface area contributed by atoms with E-state index >= 15 is 0 Å². The summed E-state index contributed by atoms with van der Waals surface area (Å²) in [6, 6.07) is 15.2. The molecule has 1 aliphatic heterocycles. The summed E-state index contributed by atoms with van der Waals surface area (Å²) in [4.78, 5) is 14.5. The molecular weight excluding hydrogens is 405 g/mol. The lowest BCUT2D eigenvalue weighted by Gasteiger charge is -2.31. The van der Waals surface area contributed by atoms with Crippen LogP contribution in [0.1, 0.15) is 17.3 Å². The highest BCUT2D eigenvalue weighted by atomic mass is 127. The number of likely N-dealkylation sites (N-methyl/N-ethyl adjacent to an activating group) is 1. The lowest BCUT2D eigenvalue weighted by molar-refractivity contribution is 0.0475. The molecular formula is C18H18INO3. The predicted molar refractivity (Wildman–Crippen MR) is 97.1 cm³/mol. The Hall–Kier alpha value is -1.76. The van der Waals surface area contributed by atoms with Gasteiger partial charge in [-0.3, -0.25) is 4.79 Å². The predicted octanol–water partition coefficient (Wildman–Crippen LogP) is 3.59. The van der Waals surface area contributed by atoms with Crippen LogP contribution in [0, 0.1) is 3.57 Å². The topological polar surface area (TPSA) is 38.8 Å². The van der Waals surface area contributed by atoms with Gasteiger partial charge in [0.25, 0.3) is 5.91 Å². The summed E-state index contributed by atoms with van der Waals surface area (Å²) in [5.74, 6) is 1.52. The fraction of sp³-hybridized carbons (Fsp3) is 0.278. The monoisotopic (exact) mass is 423 g/mol. The highest BCUT2D eigenvalue weighted by Gasteiger charge is 2.25. The maximum Gasteiger partial charge on any atom is 0.254 e. The van der Waals surface area contributed by atoms with Gasteiger partial charge >= 0.3 is 0 Å². The molecule has 0 N–H and O–H groups in total. The summed E-state index contributed by atoms with van der Waals surface area (Å²) in [7, 11) is 0. The molecule has 1 atom stereocenters. The van der Waals surface area contributed by atoms with Crippen molar-refractivity contribution in [3.63, 3.8) is 0 Å². The number of amides is 1. The molecule has 0 aromatic heterocycles. The van der Waals surface area contributed by atoms with E-state index in [4.69, 9.17) is 9.47 Å². The van der Waals surface area contributed by atoms with Crippen molar-refractivity contribution in [2.75, 3.05) is 19.7 Å². The third kappa shape index (κ3) is 3.77. The van der Waals surface area contributed by atoms with Crippen LogP contribution in [-0.4, -0.2) is 36.6 Å². The molecule has 2 aromatic carbocycles. The molecule has 5 heteroatoms. The van der Waals surface area contributed by atoms with E-state index in [-0.39, 0.29) is 12.0 Å². The van der Waals surface area contributed by atoms with Crippen molar-refractivity contribution in [2.24, 2.45) is 0 Å². The largest absolute Gasteiger partial charge is 0.486 e. The number of carbonyl (C=O) groups is 1. The average Bonchev–Trinajstić information content (AvgIpc) is 2.59. The van der Waals surface area contributed by atoms with E-state index in [2.05, 4.69) is 22.6 Å². The molecule has 0 saturated heterocycles. The van der Waals surface area contributed by atoms with E-state index in [0.717, 1.165) is 15.1 Å². The van der Waals surface area contributed by atoms with Gasteiger partial charge < -0.3 is 14.4 Å².